The summed E-state index contributed by atoms with van der Waals surface area (Å²) in [6.07, 6.45) is 1.38. The van der Waals surface area contributed by atoms with Crippen LogP contribution in [-0.2, 0) is 0 Å². The number of carbonyl (C=O) groups is 1. The average molecular weight is 533 g/mol. The Hall–Kier alpha value is -4.49. The Balaban J connectivity index is 1.59. The lowest BCUT2D eigenvalue weighted by atomic mass is 9.83. The fraction of sp³-hybridized carbons (Fsp3) is 0.0800. The number of rotatable bonds is 5. The van der Waals surface area contributed by atoms with Gasteiger partial charge in [0.2, 0.25) is 17.5 Å². The van der Waals surface area contributed by atoms with Crippen LogP contribution in [-0.4, -0.2) is 23.3 Å². The van der Waals surface area contributed by atoms with E-state index in [1.807, 2.05) is 24.3 Å². The summed E-state index contributed by atoms with van der Waals surface area (Å²) < 4.78 is 22.6. The zero-order chi connectivity index (χ0) is 24.5. The SMILES string of the molecule is COc1cc([C@@H]2C(C#N)=C(N)Oc3n[nH]c(-c4ccc(Br)cc4)c32)ccc1OC(=O)c1ccco1. The number of H-pyrrole nitrogens is 1. The van der Waals surface area contributed by atoms with Crippen LogP contribution in [0.1, 0.15) is 27.6 Å². The Morgan fingerprint density at radius 2 is 2.00 bits per heavy atom. The fourth-order valence-electron chi connectivity index (χ4n) is 3.91. The van der Waals surface area contributed by atoms with Gasteiger partial charge in [0.15, 0.2) is 11.5 Å². The van der Waals surface area contributed by atoms with Gasteiger partial charge in [-0.3, -0.25) is 5.10 Å². The van der Waals surface area contributed by atoms with Gasteiger partial charge >= 0.3 is 5.97 Å². The Morgan fingerprint density at radius 1 is 1.20 bits per heavy atom. The number of esters is 1. The number of nitriles is 1. The molecule has 0 saturated heterocycles. The molecule has 5 rings (SSSR count). The van der Waals surface area contributed by atoms with Crippen molar-refractivity contribution in [2.75, 3.05) is 7.11 Å². The molecule has 2 aromatic carbocycles. The van der Waals surface area contributed by atoms with Crippen LogP contribution in [0.2, 0.25) is 0 Å². The third-order valence-electron chi connectivity index (χ3n) is 5.52. The van der Waals surface area contributed by atoms with Crippen LogP contribution in [0.25, 0.3) is 11.3 Å². The minimum Gasteiger partial charge on any atom is -0.493 e. The van der Waals surface area contributed by atoms with Crippen LogP contribution in [0, 0.1) is 11.3 Å². The second-order valence-corrected chi connectivity index (χ2v) is 8.44. The maximum Gasteiger partial charge on any atom is 0.379 e. The molecule has 1 aliphatic rings. The molecule has 0 spiro atoms. The molecule has 3 heterocycles. The highest BCUT2D eigenvalue weighted by molar-refractivity contribution is 9.10. The van der Waals surface area contributed by atoms with E-state index < -0.39 is 11.9 Å². The standard InChI is InChI=1S/C25H17BrN4O5/c1-32-19-11-14(6-9-17(19)34-25(31)18-3-2-10-33-18)20-16(12-27)23(28)35-24-21(20)22(29-30-24)13-4-7-15(26)8-5-13/h2-11,20H,28H2,1H3,(H,29,30)/t20-/m1/s1. The number of furan rings is 1. The number of nitrogens with two attached hydrogens (primary N) is 1. The molecule has 0 radical (unpaired) electrons. The topological polar surface area (TPSA) is 136 Å². The van der Waals surface area contributed by atoms with Gasteiger partial charge in [0.25, 0.3) is 0 Å². The van der Waals surface area contributed by atoms with E-state index in [9.17, 15) is 10.1 Å². The van der Waals surface area contributed by atoms with Crippen LogP contribution >= 0.6 is 15.9 Å². The van der Waals surface area contributed by atoms with E-state index in [2.05, 4.69) is 32.2 Å². The lowest BCUT2D eigenvalue weighted by Gasteiger charge is -2.24. The van der Waals surface area contributed by atoms with E-state index in [1.165, 1.54) is 19.4 Å². The summed E-state index contributed by atoms with van der Waals surface area (Å²) >= 11 is 3.44. The molecule has 0 aliphatic carbocycles. The Bertz CT molecular complexity index is 1480. The number of methoxy groups -OCH3 is 1. The summed E-state index contributed by atoms with van der Waals surface area (Å²) in [5, 5.41) is 17.2. The van der Waals surface area contributed by atoms with E-state index in [0.717, 1.165) is 10.0 Å². The van der Waals surface area contributed by atoms with Crippen molar-refractivity contribution in [3.8, 4) is 34.7 Å². The predicted octanol–water partition coefficient (Wildman–Crippen LogP) is 4.88. The highest BCUT2D eigenvalue weighted by Gasteiger charge is 2.36. The summed E-state index contributed by atoms with van der Waals surface area (Å²) in [5.74, 6) is -0.484. The smallest absolute Gasteiger partial charge is 0.379 e. The van der Waals surface area contributed by atoms with Gasteiger partial charge < -0.3 is 24.4 Å². The zero-order valence-electron chi connectivity index (χ0n) is 18.2. The number of halogens is 1. The number of aromatic nitrogens is 2. The third-order valence-corrected chi connectivity index (χ3v) is 6.05. The van der Waals surface area contributed by atoms with E-state index in [0.29, 0.717) is 22.6 Å². The van der Waals surface area contributed by atoms with Crippen molar-refractivity contribution in [2.45, 2.75) is 5.92 Å². The fourth-order valence-corrected chi connectivity index (χ4v) is 4.17. The molecule has 0 bridgehead atoms. The number of fused-ring (bicyclic) bond motifs is 1. The van der Waals surface area contributed by atoms with Gasteiger partial charge in [0.05, 0.1) is 30.5 Å². The van der Waals surface area contributed by atoms with Crippen molar-refractivity contribution < 1.29 is 23.4 Å². The molecule has 35 heavy (non-hydrogen) atoms. The quantitative estimate of drug-likeness (QED) is 0.274. The molecule has 0 amide bonds. The third kappa shape index (κ3) is 4.02. The number of ether oxygens (including phenoxy) is 3. The van der Waals surface area contributed by atoms with Gasteiger partial charge in [-0.2, -0.15) is 5.26 Å². The zero-order valence-corrected chi connectivity index (χ0v) is 19.8. The first-order valence-corrected chi connectivity index (χ1v) is 11.1. The summed E-state index contributed by atoms with van der Waals surface area (Å²) in [4.78, 5) is 12.4. The normalized spacial score (nSPS) is 14.6. The Morgan fingerprint density at radius 3 is 2.69 bits per heavy atom. The van der Waals surface area contributed by atoms with Crippen LogP contribution in [0.5, 0.6) is 17.4 Å². The molecular formula is C25H17BrN4O5. The summed E-state index contributed by atoms with van der Waals surface area (Å²) in [6.45, 7) is 0. The van der Waals surface area contributed by atoms with Crippen LogP contribution in [0.3, 0.4) is 0 Å². The van der Waals surface area contributed by atoms with Crippen LogP contribution in [0.4, 0.5) is 0 Å². The largest absolute Gasteiger partial charge is 0.493 e. The number of nitrogens with zero attached hydrogens (tertiary/aromatic N) is 2. The molecule has 0 saturated carbocycles. The first kappa shape index (κ1) is 22.3. The Kier molecular flexibility index (Phi) is 5.76. The first-order valence-electron chi connectivity index (χ1n) is 10.4. The lowest BCUT2D eigenvalue weighted by Crippen LogP contribution is -2.21. The molecule has 174 valence electrons. The number of allylic oxidation sites excluding steroid dienone is 1. The van der Waals surface area contributed by atoms with E-state index >= 15 is 0 Å². The maximum absolute atomic E-state index is 12.4. The lowest BCUT2D eigenvalue weighted by molar-refractivity contribution is 0.0696. The molecule has 2 aromatic heterocycles. The van der Waals surface area contributed by atoms with Gasteiger partial charge in [0, 0.05) is 10.0 Å². The number of carbonyl (C=O) groups excluding carboxylic acids is 1. The van der Waals surface area contributed by atoms with E-state index in [4.69, 9.17) is 24.4 Å². The maximum atomic E-state index is 12.4. The Labute approximate surface area is 207 Å². The molecule has 1 aliphatic heterocycles. The molecule has 1 atom stereocenters. The number of hydrogen-bond acceptors (Lipinski definition) is 8. The monoisotopic (exact) mass is 532 g/mol. The van der Waals surface area contributed by atoms with Crippen molar-refractivity contribution in [1.29, 1.82) is 5.26 Å². The van der Waals surface area contributed by atoms with Crippen molar-refractivity contribution in [3.05, 3.63) is 93.7 Å². The number of benzene rings is 2. The predicted molar refractivity (Wildman–Crippen MR) is 128 cm³/mol. The highest BCUT2D eigenvalue weighted by atomic mass is 79.9. The molecule has 4 aromatic rings. The van der Waals surface area contributed by atoms with Gasteiger partial charge in [-0.1, -0.05) is 34.1 Å². The minimum absolute atomic E-state index is 0.0360. The first-order chi connectivity index (χ1) is 17.0. The minimum atomic E-state index is -0.663. The van der Waals surface area contributed by atoms with Crippen molar-refractivity contribution in [1.82, 2.24) is 10.2 Å². The van der Waals surface area contributed by atoms with Gasteiger partial charge in [-0.25, -0.2) is 4.79 Å². The number of hydrogen-bond donors (Lipinski definition) is 2. The van der Waals surface area contributed by atoms with Gasteiger partial charge in [-0.05, 0) is 42.0 Å². The second kappa shape index (κ2) is 9.04. The molecule has 0 unspecified atom stereocenters. The van der Waals surface area contributed by atoms with E-state index in [-0.39, 0.29) is 28.8 Å². The van der Waals surface area contributed by atoms with Crippen LogP contribution in [0.15, 0.2) is 81.2 Å². The molecule has 0 fully saturated rings. The average Bonchev–Trinajstić information content (AvgIpc) is 3.54. The summed E-state index contributed by atoms with van der Waals surface area (Å²) in [6, 6.07) is 17.9. The molecule has 3 N–H and O–H groups in total. The highest BCUT2D eigenvalue weighted by Crippen LogP contribution is 2.47. The van der Waals surface area contributed by atoms with Gasteiger partial charge in [0.1, 0.15) is 11.6 Å². The second-order valence-electron chi connectivity index (χ2n) is 7.53. The number of aromatic amines is 1. The van der Waals surface area contributed by atoms with Crippen LogP contribution < -0.4 is 19.9 Å². The van der Waals surface area contributed by atoms with Crippen molar-refractivity contribution in [3.63, 3.8) is 0 Å². The molecule has 9 nitrogen and oxygen atoms in total. The van der Waals surface area contributed by atoms with E-state index in [1.54, 1.807) is 24.3 Å². The summed E-state index contributed by atoms with van der Waals surface area (Å²) in [7, 11) is 1.46. The summed E-state index contributed by atoms with van der Waals surface area (Å²) in [5.41, 5.74) is 9.17. The van der Waals surface area contributed by atoms with Crippen molar-refractivity contribution in [2.24, 2.45) is 5.73 Å². The number of nitrogens with one attached hydrogen (secondary N) is 1. The van der Waals surface area contributed by atoms with Crippen molar-refractivity contribution >= 4 is 21.9 Å². The molecule has 10 heteroatoms. The van der Waals surface area contributed by atoms with Gasteiger partial charge in [-0.15, -0.1) is 5.10 Å². The molecular weight excluding hydrogens is 516 g/mol.